The minimum Gasteiger partial charge on any atom is -0.504 e. The molecule has 0 radical (unpaired) electrons. The van der Waals surface area contributed by atoms with Crippen molar-refractivity contribution >= 4 is 28.1 Å². The Morgan fingerprint density at radius 3 is 2.56 bits per heavy atom. The van der Waals surface area contributed by atoms with Crippen molar-refractivity contribution in [1.82, 2.24) is 5.43 Å². The van der Waals surface area contributed by atoms with E-state index in [9.17, 15) is 9.90 Å². The molecule has 0 unspecified atom stereocenters. The molecule has 0 fully saturated rings. The summed E-state index contributed by atoms with van der Waals surface area (Å²) in [5.74, 6) is 0.685. The van der Waals surface area contributed by atoms with Gasteiger partial charge in [-0.05, 0) is 66.2 Å². The number of methoxy groups -OCH3 is 1. The Morgan fingerprint density at radius 1 is 1.28 bits per heavy atom. The van der Waals surface area contributed by atoms with Gasteiger partial charge in [0.1, 0.15) is 5.75 Å². The van der Waals surface area contributed by atoms with E-state index in [0.717, 1.165) is 0 Å². The molecule has 0 heterocycles. The van der Waals surface area contributed by atoms with Crippen LogP contribution < -0.4 is 14.9 Å². The zero-order valence-corrected chi connectivity index (χ0v) is 15.7. The smallest absolute Gasteiger partial charge is 0.271 e. The Hall–Kier alpha value is -2.54. The number of aromatic hydroxyl groups is 1. The zero-order chi connectivity index (χ0) is 18.4. The number of hydrazone groups is 1. The third-order valence-corrected chi connectivity index (χ3v) is 3.84. The number of nitrogens with one attached hydrogen (secondary N) is 1. The highest BCUT2D eigenvalue weighted by Gasteiger charge is 2.08. The van der Waals surface area contributed by atoms with Crippen LogP contribution in [0.15, 0.2) is 46.0 Å². The van der Waals surface area contributed by atoms with Gasteiger partial charge in [-0.25, -0.2) is 5.43 Å². The summed E-state index contributed by atoms with van der Waals surface area (Å²) in [6.45, 7) is 3.87. The molecule has 6 nitrogen and oxygen atoms in total. The highest BCUT2D eigenvalue weighted by atomic mass is 79.9. The van der Waals surface area contributed by atoms with Crippen LogP contribution >= 0.6 is 15.9 Å². The minimum atomic E-state index is -0.346. The molecule has 2 aromatic rings. The lowest BCUT2D eigenvalue weighted by atomic mass is 10.2. The van der Waals surface area contributed by atoms with Crippen molar-refractivity contribution in [2.24, 2.45) is 5.10 Å². The third-order valence-electron chi connectivity index (χ3n) is 3.16. The van der Waals surface area contributed by atoms with E-state index >= 15 is 0 Å². The van der Waals surface area contributed by atoms with Gasteiger partial charge in [0, 0.05) is 15.6 Å². The Kier molecular flexibility index (Phi) is 6.41. The lowest BCUT2D eigenvalue weighted by molar-refractivity contribution is 0.0955. The van der Waals surface area contributed by atoms with Crippen LogP contribution in [0.5, 0.6) is 17.2 Å². The second kappa shape index (κ2) is 8.53. The second-order valence-corrected chi connectivity index (χ2v) is 6.29. The van der Waals surface area contributed by atoms with Gasteiger partial charge in [-0.2, -0.15) is 5.10 Å². The number of phenolic OH excluding ortho intramolecular Hbond substituents is 1. The summed E-state index contributed by atoms with van der Waals surface area (Å²) in [5.41, 5.74) is 3.50. The molecule has 2 rings (SSSR count). The van der Waals surface area contributed by atoms with Crippen LogP contribution in [0, 0.1) is 0 Å². The number of rotatable bonds is 6. The van der Waals surface area contributed by atoms with E-state index < -0.39 is 0 Å². The fourth-order valence-corrected chi connectivity index (χ4v) is 2.43. The number of nitrogens with zero attached hydrogens (tertiary/aromatic N) is 1. The molecule has 0 spiro atoms. The van der Waals surface area contributed by atoms with Crippen molar-refractivity contribution < 1.29 is 19.4 Å². The van der Waals surface area contributed by atoms with Crippen molar-refractivity contribution in [3.63, 3.8) is 0 Å². The molecule has 25 heavy (non-hydrogen) atoms. The Morgan fingerprint density at radius 2 is 1.96 bits per heavy atom. The Labute approximate surface area is 154 Å². The minimum absolute atomic E-state index is 0.0146. The monoisotopic (exact) mass is 406 g/mol. The van der Waals surface area contributed by atoms with E-state index in [0.29, 0.717) is 27.1 Å². The number of halogens is 1. The normalized spacial score (nSPS) is 10.9. The SMILES string of the molecule is COc1cc(Br)c(/C=N\NC(=O)c2ccc(OC(C)C)cc2)cc1O. The van der Waals surface area contributed by atoms with Crippen molar-refractivity contribution in [1.29, 1.82) is 0 Å². The predicted molar refractivity (Wildman–Crippen MR) is 99.6 cm³/mol. The molecule has 0 saturated heterocycles. The first kappa shape index (κ1) is 18.8. The van der Waals surface area contributed by atoms with Crippen LogP contribution in [0.3, 0.4) is 0 Å². The van der Waals surface area contributed by atoms with Gasteiger partial charge in [0.05, 0.1) is 19.4 Å². The fraction of sp³-hybridized carbons (Fsp3) is 0.222. The first-order valence-corrected chi connectivity index (χ1v) is 8.36. The van der Waals surface area contributed by atoms with Crippen LogP contribution in [0.1, 0.15) is 29.8 Å². The van der Waals surface area contributed by atoms with Crippen molar-refractivity contribution in [3.8, 4) is 17.2 Å². The molecule has 0 aliphatic rings. The van der Waals surface area contributed by atoms with Crippen LogP contribution in [0.2, 0.25) is 0 Å². The highest BCUT2D eigenvalue weighted by molar-refractivity contribution is 9.10. The highest BCUT2D eigenvalue weighted by Crippen LogP contribution is 2.31. The first-order valence-electron chi connectivity index (χ1n) is 7.57. The molecule has 132 valence electrons. The fourth-order valence-electron chi connectivity index (χ4n) is 2.00. The summed E-state index contributed by atoms with van der Waals surface area (Å²) in [6.07, 6.45) is 1.50. The van der Waals surface area contributed by atoms with Crippen LogP contribution in [-0.2, 0) is 0 Å². The van der Waals surface area contributed by atoms with E-state index in [-0.39, 0.29) is 17.8 Å². The van der Waals surface area contributed by atoms with E-state index in [4.69, 9.17) is 9.47 Å². The molecule has 2 aromatic carbocycles. The summed E-state index contributed by atoms with van der Waals surface area (Å²) >= 11 is 3.35. The van der Waals surface area contributed by atoms with Crippen molar-refractivity contribution in [2.75, 3.05) is 7.11 Å². The number of hydrogen-bond acceptors (Lipinski definition) is 5. The molecule has 7 heteroatoms. The maximum absolute atomic E-state index is 12.1. The summed E-state index contributed by atoms with van der Waals surface area (Å²) in [6, 6.07) is 9.89. The molecule has 0 atom stereocenters. The van der Waals surface area contributed by atoms with Gasteiger partial charge in [-0.1, -0.05) is 0 Å². The number of phenols is 1. The van der Waals surface area contributed by atoms with Crippen molar-refractivity contribution in [2.45, 2.75) is 20.0 Å². The molecular formula is C18H19BrN2O4. The molecule has 0 bridgehead atoms. The van der Waals surface area contributed by atoms with Gasteiger partial charge >= 0.3 is 0 Å². The summed E-state index contributed by atoms with van der Waals surface area (Å²) in [7, 11) is 1.47. The zero-order valence-electron chi connectivity index (χ0n) is 14.1. The average molecular weight is 407 g/mol. The number of carbonyl (C=O) groups is 1. The summed E-state index contributed by atoms with van der Waals surface area (Å²) < 4.78 is 11.2. The maximum Gasteiger partial charge on any atom is 0.271 e. The van der Waals surface area contributed by atoms with Gasteiger partial charge in [0.2, 0.25) is 0 Å². The van der Waals surface area contributed by atoms with Gasteiger partial charge in [-0.15, -0.1) is 0 Å². The predicted octanol–water partition coefficient (Wildman–Crippen LogP) is 3.71. The molecule has 0 saturated carbocycles. The van der Waals surface area contributed by atoms with Crippen LogP contribution in [0.4, 0.5) is 0 Å². The third kappa shape index (κ3) is 5.22. The Bertz CT molecular complexity index is 773. The quantitative estimate of drug-likeness (QED) is 0.565. The van der Waals surface area contributed by atoms with E-state index in [1.807, 2.05) is 13.8 Å². The van der Waals surface area contributed by atoms with E-state index in [1.54, 1.807) is 30.3 Å². The summed E-state index contributed by atoms with van der Waals surface area (Å²) in [4.78, 5) is 12.1. The maximum atomic E-state index is 12.1. The molecular weight excluding hydrogens is 388 g/mol. The largest absolute Gasteiger partial charge is 0.504 e. The molecule has 0 aliphatic carbocycles. The number of benzene rings is 2. The lowest BCUT2D eigenvalue weighted by Gasteiger charge is -2.09. The molecule has 1 amide bonds. The lowest BCUT2D eigenvalue weighted by Crippen LogP contribution is -2.17. The molecule has 2 N–H and O–H groups in total. The number of amides is 1. The van der Waals surface area contributed by atoms with Gasteiger partial charge in [-0.3, -0.25) is 4.79 Å². The molecule has 0 aromatic heterocycles. The number of hydrogen-bond donors (Lipinski definition) is 2. The summed E-state index contributed by atoms with van der Waals surface area (Å²) in [5, 5.41) is 13.7. The number of carbonyl (C=O) groups excluding carboxylic acids is 1. The van der Waals surface area contributed by atoms with Gasteiger partial charge < -0.3 is 14.6 Å². The first-order chi connectivity index (χ1) is 11.9. The van der Waals surface area contributed by atoms with Gasteiger partial charge in [0.15, 0.2) is 11.5 Å². The van der Waals surface area contributed by atoms with Crippen LogP contribution in [0.25, 0.3) is 0 Å². The van der Waals surface area contributed by atoms with E-state index in [1.165, 1.54) is 19.4 Å². The van der Waals surface area contributed by atoms with E-state index in [2.05, 4.69) is 26.5 Å². The number of ether oxygens (including phenoxy) is 2. The van der Waals surface area contributed by atoms with Gasteiger partial charge in [0.25, 0.3) is 5.91 Å². The average Bonchev–Trinajstić information content (AvgIpc) is 2.57. The topological polar surface area (TPSA) is 80.2 Å². The Balaban J connectivity index is 2.02. The second-order valence-electron chi connectivity index (χ2n) is 5.44. The van der Waals surface area contributed by atoms with Crippen LogP contribution in [-0.4, -0.2) is 30.4 Å². The van der Waals surface area contributed by atoms with Crippen molar-refractivity contribution in [3.05, 3.63) is 52.0 Å². The standard InChI is InChI=1S/C18H19BrN2O4/c1-11(2)25-14-6-4-12(5-7-14)18(23)21-20-10-13-8-16(22)17(24-3)9-15(13)19/h4-11,22H,1-3H3,(H,21,23)/b20-10-. The molecule has 0 aliphatic heterocycles.